The van der Waals surface area contributed by atoms with Crippen molar-refractivity contribution in [2.75, 3.05) is 42.7 Å². The van der Waals surface area contributed by atoms with Crippen LogP contribution in [0, 0.1) is 0 Å². The summed E-state index contributed by atoms with van der Waals surface area (Å²) in [6.07, 6.45) is 2.11. The summed E-state index contributed by atoms with van der Waals surface area (Å²) in [4.78, 5) is 16.7. The number of carbonyl (C=O) groups excluding carboxylic acids is 1. The molecule has 0 N–H and O–H groups in total. The van der Waals surface area contributed by atoms with Crippen molar-refractivity contribution in [1.29, 1.82) is 0 Å². The molecule has 4 heterocycles. The number of thioether (sulfide) groups is 1. The Bertz CT molecular complexity index is 870. The summed E-state index contributed by atoms with van der Waals surface area (Å²) in [5, 5.41) is 0. The molecular weight excluding hydrogens is 396 g/mol. The van der Waals surface area contributed by atoms with Crippen LogP contribution in [0.2, 0.25) is 0 Å². The first-order valence-electron chi connectivity index (χ1n) is 8.33. The van der Waals surface area contributed by atoms with Crippen LogP contribution in [0.3, 0.4) is 0 Å². The van der Waals surface area contributed by atoms with Crippen LogP contribution < -0.4 is 4.90 Å². The number of morpholine rings is 1. The van der Waals surface area contributed by atoms with E-state index in [2.05, 4.69) is 4.90 Å². The fourth-order valence-electron chi connectivity index (χ4n) is 3.28. The zero-order chi connectivity index (χ0) is 18.3. The molecule has 140 valence electrons. The Balaban J connectivity index is 1.50. The van der Waals surface area contributed by atoms with Gasteiger partial charge in [0.05, 0.1) is 35.7 Å². The van der Waals surface area contributed by atoms with E-state index in [9.17, 15) is 13.2 Å². The van der Waals surface area contributed by atoms with E-state index >= 15 is 0 Å². The number of hydrogen-bond acceptors (Lipinski definition) is 8. The predicted molar refractivity (Wildman–Crippen MR) is 104 cm³/mol. The highest BCUT2D eigenvalue weighted by Gasteiger charge is 2.42. The number of sulfone groups is 1. The zero-order valence-electron chi connectivity index (χ0n) is 13.9. The summed E-state index contributed by atoms with van der Waals surface area (Å²) < 4.78 is 35.0. The van der Waals surface area contributed by atoms with Crippen LogP contribution in [0.4, 0.5) is 5.88 Å². The lowest BCUT2D eigenvalue weighted by atomic mass is 10.2. The summed E-state index contributed by atoms with van der Waals surface area (Å²) in [6.45, 7) is 2.87. The molecule has 7 nitrogen and oxygen atoms in total. The average Bonchev–Trinajstić information content (AvgIpc) is 3.28. The van der Waals surface area contributed by atoms with E-state index in [1.165, 1.54) is 16.7 Å². The summed E-state index contributed by atoms with van der Waals surface area (Å²) in [6, 6.07) is 3.33. The molecule has 0 spiro atoms. The molecule has 3 aliphatic rings. The third kappa shape index (κ3) is 3.55. The number of thiocarbonyl (C=S) groups is 1. The second kappa shape index (κ2) is 6.99. The van der Waals surface area contributed by atoms with Gasteiger partial charge in [0.15, 0.2) is 15.7 Å². The third-order valence-corrected chi connectivity index (χ3v) is 7.69. The zero-order valence-corrected chi connectivity index (χ0v) is 16.4. The topological polar surface area (TPSA) is 80.1 Å². The van der Waals surface area contributed by atoms with E-state index < -0.39 is 9.84 Å². The molecule has 4 rings (SSSR count). The van der Waals surface area contributed by atoms with Crippen LogP contribution >= 0.6 is 24.0 Å². The second-order valence-electron chi connectivity index (χ2n) is 6.38. The number of furan rings is 1. The van der Waals surface area contributed by atoms with Gasteiger partial charge in [-0.15, -0.1) is 0 Å². The summed E-state index contributed by atoms with van der Waals surface area (Å²) in [7, 11) is -3.08. The standard InChI is InChI=1S/C16H18N2O5S3/c19-15-13(25-16(24)18(15)11-3-8-26(20,21)10-11)9-12-1-2-14(23-12)17-4-6-22-7-5-17/h1-2,9,11H,3-8,10H2/b13-9-. The molecule has 0 radical (unpaired) electrons. The maximum Gasteiger partial charge on any atom is 0.266 e. The molecule has 10 heteroatoms. The van der Waals surface area contributed by atoms with Gasteiger partial charge in [-0.25, -0.2) is 8.42 Å². The molecule has 3 fully saturated rings. The number of carbonyl (C=O) groups is 1. The maximum absolute atomic E-state index is 12.7. The molecule has 1 aromatic heterocycles. The molecule has 0 aliphatic carbocycles. The largest absolute Gasteiger partial charge is 0.441 e. The van der Waals surface area contributed by atoms with E-state index in [0.29, 0.717) is 34.6 Å². The van der Waals surface area contributed by atoms with Gasteiger partial charge in [0, 0.05) is 25.2 Å². The second-order valence-corrected chi connectivity index (χ2v) is 10.3. The van der Waals surface area contributed by atoms with E-state index in [1.54, 1.807) is 6.08 Å². The number of rotatable bonds is 3. The lowest BCUT2D eigenvalue weighted by molar-refractivity contribution is -0.123. The maximum atomic E-state index is 12.7. The van der Waals surface area contributed by atoms with Gasteiger partial charge in [0.2, 0.25) is 0 Å². The minimum Gasteiger partial charge on any atom is -0.441 e. The van der Waals surface area contributed by atoms with Crippen molar-refractivity contribution in [2.24, 2.45) is 0 Å². The number of anilines is 1. The number of ether oxygens (including phenoxy) is 1. The van der Waals surface area contributed by atoms with Crippen LogP contribution in [0.5, 0.6) is 0 Å². The Morgan fingerprint density at radius 1 is 1.27 bits per heavy atom. The number of nitrogens with zero attached hydrogens (tertiary/aromatic N) is 2. The molecule has 3 saturated heterocycles. The van der Waals surface area contributed by atoms with Crippen molar-refractivity contribution >= 4 is 56.0 Å². The summed E-state index contributed by atoms with van der Waals surface area (Å²) in [5.74, 6) is 1.16. The van der Waals surface area contributed by atoms with Gasteiger partial charge < -0.3 is 14.1 Å². The van der Waals surface area contributed by atoms with Crippen molar-refractivity contribution in [3.05, 3.63) is 22.8 Å². The Hall–Kier alpha value is -1.36. The Labute approximate surface area is 161 Å². The number of amides is 1. The van der Waals surface area contributed by atoms with E-state index in [0.717, 1.165) is 19.0 Å². The molecule has 1 unspecified atom stereocenters. The summed E-state index contributed by atoms with van der Waals surface area (Å²) >= 11 is 6.50. The van der Waals surface area contributed by atoms with Crippen molar-refractivity contribution in [1.82, 2.24) is 4.90 Å². The SMILES string of the molecule is O=C1/C(=C/c2ccc(N3CCOCC3)o2)SC(=S)N1C1CCS(=O)(=O)C1. The average molecular weight is 415 g/mol. The molecule has 26 heavy (non-hydrogen) atoms. The van der Waals surface area contributed by atoms with Crippen LogP contribution in [-0.2, 0) is 19.4 Å². The first kappa shape index (κ1) is 18.0. The monoisotopic (exact) mass is 414 g/mol. The van der Waals surface area contributed by atoms with Crippen LogP contribution in [0.25, 0.3) is 6.08 Å². The minimum absolute atomic E-state index is 0.0192. The molecule has 0 bridgehead atoms. The van der Waals surface area contributed by atoms with Crippen molar-refractivity contribution in [3.8, 4) is 0 Å². The quantitative estimate of drug-likeness (QED) is 0.544. The number of hydrogen-bond donors (Lipinski definition) is 0. The lowest BCUT2D eigenvalue weighted by Crippen LogP contribution is -2.39. The van der Waals surface area contributed by atoms with Gasteiger partial charge in [-0.1, -0.05) is 24.0 Å². The molecule has 1 atom stereocenters. The van der Waals surface area contributed by atoms with Crippen LogP contribution in [0.1, 0.15) is 12.2 Å². The molecular formula is C16H18N2O5S3. The highest BCUT2D eigenvalue weighted by molar-refractivity contribution is 8.26. The van der Waals surface area contributed by atoms with E-state index in [-0.39, 0.29) is 23.5 Å². The molecule has 1 aromatic rings. The van der Waals surface area contributed by atoms with Crippen molar-refractivity contribution in [3.63, 3.8) is 0 Å². The lowest BCUT2D eigenvalue weighted by Gasteiger charge is -2.26. The third-order valence-electron chi connectivity index (χ3n) is 4.61. The van der Waals surface area contributed by atoms with Crippen molar-refractivity contribution in [2.45, 2.75) is 12.5 Å². The van der Waals surface area contributed by atoms with Crippen LogP contribution in [-0.4, -0.2) is 67.4 Å². The van der Waals surface area contributed by atoms with Crippen LogP contribution in [0.15, 0.2) is 21.5 Å². The Kier molecular flexibility index (Phi) is 4.84. The highest BCUT2D eigenvalue weighted by Crippen LogP contribution is 2.36. The predicted octanol–water partition coefficient (Wildman–Crippen LogP) is 1.50. The normalized spacial score (nSPS) is 27.7. The Morgan fingerprint density at radius 3 is 2.73 bits per heavy atom. The van der Waals surface area contributed by atoms with Gasteiger partial charge in [0.25, 0.3) is 5.91 Å². The highest BCUT2D eigenvalue weighted by atomic mass is 32.2. The minimum atomic E-state index is -3.08. The van der Waals surface area contributed by atoms with E-state index in [1.807, 2.05) is 12.1 Å². The molecule has 3 aliphatic heterocycles. The van der Waals surface area contributed by atoms with E-state index in [4.69, 9.17) is 21.4 Å². The molecule has 0 saturated carbocycles. The Morgan fingerprint density at radius 2 is 2.04 bits per heavy atom. The van der Waals surface area contributed by atoms with Crippen molar-refractivity contribution < 1.29 is 22.4 Å². The van der Waals surface area contributed by atoms with Gasteiger partial charge >= 0.3 is 0 Å². The first-order chi connectivity index (χ1) is 12.4. The van der Waals surface area contributed by atoms with Gasteiger partial charge in [-0.05, 0) is 12.5 Å². The van der Waals surface area contributed by atoms with Gasteiger partial charge in [-0.3, -0.25) is 9.69 Å². The fourth-order valence-corrected chi connectivity index (χ4v) is 6.36. The fraction of sp³-hybridized carbons (Fsp3) is 0.500. The van der Waals surface area contributed by atoms with Gasteiger partial charge in [-0.2, -0.15) is 0 Å². The van der Waals surface area contributed by atoms with Gasteiger partial charge in [0.1, 0.15) is 10.1 Å². The smallest absolute Gasteiger partial charge is 0.266 e. The molecule has 0 aromatic carbocycles. The first-order valence-corrected chi connectivity index (χ1v) is 11.4. The molecule has 1 amide bonds. The summed E-state index contributed by atoms with van der Waals surface area (Å²) in [5.41, 5.74) is 0.